The molecular formula is C15H11Cl2FO2S. The average molecular weight is 345 g/mol. The Hall–Kier alpha value is -1.23. The zero-order valence-electron chi connectivity index (χ0n) is 11.0. The Morgan fingerprint density at radius 1 is 1.24 bits per heavy atom. The van der Waals surface area contributed by atoms with Crippen molar-refractivity contribution in [1.29, 1.82) is 0 Å². The predicted molar refractivity (Wildman–Crippen MR) is 84.5 cm³/mol. The number of halogens is 3. The number of hydrogen-bond acceptors (Lipinski definition) is 3. The van der Waals surface area contributed by atoms with E-state index in [2.05, 4.69) is 0 Å². The number of hydrogen-bond donors (Lipinski definition) is 0. The summed E-state index contributed by atoms with van der Waals surface area (Å²) in [4.78, 5) is 12.8. The molecule has 6 heteroatoms. The zero-order chi connectivity index (χ0) is 15.4. The van der Waals surface area contributed by atoms with E-state index < -0.39 is 5.82 Å². The summed E-state index contributed by atoms with van der Waals surface area (Å²) in [5.41, 5.74) is 0.291. The topological polar surface area (TPSA) is 26.3 Å². The standard InChI is InChI=1S/C15H11Cl2FO2S/c1-20-14-5-2-9(6-12(14)18)13(19)8-21-15-7-10(16)3-4-11(15)17/h2-7H,8H2,1H3. The molecule has 0 bridgehead atoms. The van der Waals surface area contributed by atoms with E-state index in [-0.39, 0.29) is 17.3 Å². The average Bonchev–Trinajstić information content (AvgIpc) is 2.47. The van der Waals surface area contributed by atoms with Gasteiger partial charge in [0, 0.05) is 15.5 Å². The molecule has 0 aliphatic heterocycles. The fourth-order valence-corrected chi connectivity index (χ4v) is 3.04. The van der Waals surface area contributed by atoms with Gasteiger partial charge in [0.05, 0.1) is 17.9 Å². The number of rotatable bonds is 5. The highest BCUT2D eigenvalue weighted by Gasteiger charge is 2.12. The summed E-state index contributed by atoms with van der Waals surface area (Å²) in [5, 5.41) is 1.07. The van der Waals surface area contributed by atoms with Crippen LogP contribution in [-0.4, -0.2) is 18.6 Å². The van der Waals surface area contributed by atoms with Crippen LogP contribution in [0.4, 0.5) is 4.39 Å². The van der Waals surface area contributed by atoms with Crippen molar-refractivity contribution in [1.82, 2.24) is 0 Å². The second-order valence-electron chi connectivity index (χ2n) is 4.14. The molecule has 0 heterocycles. The Morgan fingerprint density at radius 3 is 2.67 bits per heavy atom. The molecule has 0 saturated carbocycles. The van der Waals surface area contributed by atoms with Crippen molar-refractivity contribution >= 4 is 40.7 Å². The highest BCUT2D eigenvalue weighted by molar-refractivity contribution is 8.00. The van der Waals surface area contributed by atoms with Gasteiger partial charge in [-0.1, -0.05) is 23.2 Å². The number of Topliss-reactive ketones (excluding diaryl/α,β-unsaturated/α-hetero) is 1. The molecule has 2 aromatic carbocycles. The normalized spacial score (nSPS) is 10.5. The van der Waals surface area contributed by atoms with Gasteiger partial charge >= 0.3 is 0 Å². The smallest absolute Gasteiger partial charge is 0.173 e. The number of carbonyl (C=O) groups is 1. The number of methoxy groups -OCH3 is 1. The van der Waals surface area contributed by atoms with Crippen LogP contribution < -0.4 is 4.74 Å². The van der Waals surface area contributed by atoms with Crippen LogP contribution >= 0.6 is 35.0 Å². The van der Waals surface area contributed by atoms with E-state index in [0.29, 0.717) is 20.5 Å². The summed E-state index contributed by atoms with van der Waals surface area (Å²) in [7, 11) is 1.37. The highest BCUT2D eigenvalue weighted by atomic mass is 35.5. The van der Waals surface area contributed by atoms with Crippen molar-refractivity contribution in [3.05, 3.63) is 57.8 Å². The SMILES string of the molecule is COc1ccc(C(=O)CSc2cc(Cl)ccc2Cl)cc1F. The molecule has 21 heavy (non-hydrogen) atoms. The van der Waals surface area contributed by atoms with Gasteiger partial charge in [-0.15, -0.1) is 11.8 Å². The zero-order valence-corrected chi connectivity index (χ0v) is 13.4. The summed E-state index contributed by atoms with van der Waals surface area (Å²) in [6.45, 7) is 0. The Bertz CT molecular complexity index is 677. The van der Waals surface area contributed by atoms with Crippen LogP contribution in [-0.2, 0) is 0 Å². The van der Waals surface area contributed by atoms with E-state index in [1.165, 1.54) is 37.1 Å². The van der Waals surface area contributed by atoms with Crippen molar-refractivity contribution in [2.45, 2.75) is 4.90 Å². The van der Waals surface area contributed by atoms with Crippen molar-refractivity contribution in [2.24, 2.45) is 0 Å². The molecule has 0 aromatic heterocycles. The van der Waals surface area contributed by atoms with Crippen LogP contribution in [0.15, 0.2) is 41.3 Å². The number of benzene rings is 2. The van der Waals surface area contributed by atoms with E-state index in [1.807, 2.05) is 0 Å². The van der Waals surface area contributed by atoms with Crippen molar-refractivity contribution in [2.75, 3.05) is 12.9 Å². The third kappa shape index (κ3) is 4.13. The van der Waals surface area contributed by atoms with Crippen molar-refractivity contribution in [3.63, 3.8) is 0 Å². The molecule has 0 amide bonds. The Morgan fingerprint density at radius 2 is 2.00 bits per heavy atom. The molecule has 2 nitrogen and oxygen atoms in total. The first-order chi connectivity index (χ1) is 10.0. The van der Waals surface area contributed by atoms with Gasteiger partial charge in [0.2, 0.25) is 0 Å². The highest BCUT2D eigenvalue weighted by Crippen LogP contribution is 2.30. The fraction of sp³-hybridized carbons (Fsp3) is 0.133. The Kier molecular flexibility index (Phi) is 5.51. The third-order valence-corrected chi connectivity index (χ3v) is 4.46. The van der Waals surface area contributed by atoms with E-state index in [9.17, 15) is 9.18 Å². The lowest BCUT2D eigenvalue weighted by Crippen LogP contribution is -2.03. The molecule has 0 aliphatic rings. The number of ketones is 1. The van der Waals surface area contributed by atoms with Crippen LogP contribution in [0.2, 0.25) is 10.0 Å². The summed E-state index contributed by atoms with van der Waals surface area (Å²) < 4.78 is 18.4. The van der Waals surface area contributed by atoms with Crippen LogP contribution in [0, 0.1) is 5.82 Å². The minimum Gasteiger partial charge on any atom is -0.494 e. The second kappa shape index (κ2) is 7.16. The molecule has 0 spiro atoms. The predicted octanol–water partition coefficient (Wildman–Crippen LogP) is 5.12. The van der Waals surface area contributed by atoms with Crippen LogP contribution in [0.5, 0.6) is 5.75 Å². The number of ether oxygens (including phenoxy) is 1. The Labute approximate surface area is 136 Å². The lowest BCUT2D eigenvalue weighted by molar-refractivity contribution is 0.102. The second-order valence-corrected chi connectivity index (χ2v) is 6.00. The molecule has 0 fully saturated rings. The molecule has 2 aromatic rings. The monoisotopic (exact) mass is 344 g/mol. The van der Waals surface area contributed by atoms with Gasteiger partial charge in [-0.3, -0.25) is 4.79 Å². The molecular weight excluding hydrogens is 334 g/mol. The van der Waals surface area contributed by atoms with E-state index in [0.717, 1.165) is 0 Å². The summed E-state index contributed by atoms with van der Waals surface area (Å²) in [6, 6.07) is 9.17. The minimum absolute atomic E-state index is 0.108. The molecule has 0 aliphatic carbocycles. The number of thioether (sulfide) groups is 1. The quantitative estimate of drug-likeness (QED) is 0.556. The summed E-state index contributed by atoms with van der Waals surface area (Å²) >= 11 is 13.2. The van der Waals surface area contributed by atoms with Crippen LogP contribution in [0.1, 0.15) is 10.4 Å². The molecule has 110 valence electrons. The molecule has 0 N–H and O–H groups in total. The first-order valence-corrected chi connectivity index (χ1v) is 7.70. The van der Waals surface area contributed by atoms with E-state index in [4.69, 9.17) is 27.9 Å². The van der Waals surface area contributed by atoms with Gasteiger partial charge in [-0.05, 0) is 36.4 Å². The van der Waals surface area contributed by atoms with Gasteiger partial charge in [-0.25, -0.2) is 4.39 Å². The minimum atomic E-state index is -0.561. The van der Waals surface area contributed by atoms with Crippen molar-refractivity contribution < 1.29 is 13.9 Å². The first-order valence-electron chi connectivity index (χ1n) is 5.96. The van der Waals surface area contributed by atoms with Gasteiger partial charge < -0.3 is 4.74 Å². The molecule has 0 atom stereocenters. The first kappa shape index (κ1) is 16.1. The molecule has 0 saturated heterocycles. The maximum absolute atomic E-state index is 13.6. The van der Waals surface area contributed by atoms with E-state index in [1.54, 1.807) is 18.2 Å². The van der Waals surface area contributed by atoms with Gasteiger partial charge in [-0.2, -0.15) is 0 Å². The lowest BCUT2D eigenvalue weighted by atomic mass is 10.1. The van der Waals surface area contributed by atoms with Gasteiger partial charge in [0.25, 0.3) is 0 Å². The van der Waals surface area contributed by atoms with Crippen LogP contribution in [0.25, 0.3) is 0 Å². The van der Waals surface area contributed by atoms with Crippen molar-refractivity contribution in [3.8, 4) is 5.75 Å². The lowest BCUT2D eigenvalue weighted by Gasteiger charge is -2.06. The maximum Gasteiger partial charge on any atom is 0.173 e. The van der Waals surface area contributed by atoms with Crippen LogP contribution in [0.3, 0.4) is 0 Å². The third-order valence-electron chi connectivity index (χ3n) is 2.73. The summed E-state index contributed by atoms with van der Waals surface area (Å²) in [6.07, 6.45) is 0. The molecule has 0 radical (unpaired) electrons. The Balaban J connectivity index is 2.08. The van der Waals surface area contributed by atoms with Gasteiger partial charge in [0.1, 0.15) is 0 Å². The largest absolute Gasteiger partial charge is 0.494 e. The number of carbonyl (C=O) groups excluding carboxylic acids is 1. The van der Waals surface area contributed by atoms with Gasteiger partial charge in [0.15, 0.2) is 17.3 Å². The van der Waals surface area contributed by atoms with E-state index >= 15 is 0 Å². The molecule has 2 rings (SSSR count). The molecule has 0 unspecified atom stereocenters. The summed E-state index contributed by atoms with van der Waals surface area (Å²) in [5.74, 6) is -0.505. The maximum atomic E-state index is 13.6. The fourth-order valence-electron chi connectivity index (χ4n) is 1.65.